The molecule has 1 amide bonds. The minimum absolute atomic E-state index is 0.0213. The number of pyridine rings is 2. The summed E-state index contributed by atoms with van der Waals surface area (Å²) in [5.74, 6) is -1.70. The molecule has 0 bridgehead atoms. The normalized spacial score (nSPS) is 15.7. The maximum atomic E-state index is 14.1. The molecule has 1 aliphatic rings. The van der Waals surface area contributed by atoms with E-state index >= 15 is 0 Å². The van der Waals surface area contributed by atoms with Gasteiger partial charge in [-0.2, -0.15) is 4.39 Å². The molecule has 2 heterocycles. The average Bonchev–Trinajstić information content (AvgIpc) is 3.27. The Morgan fingerprint density at radius 2 is 1.83 bits per heavy atom. The highest BCUT2D eigenvalue weighted by molar-refractivity contribution is 6.31. The first kappa shape index (κ1) is 24.6. The zero-order valence-electron chi connectivity index (χ0n) is 19.5. The van der Waals surface area contributed by atoms with Crippen molar-refractivity contribution >= 4 is 34.6 Å². The molecule has 1 saturated carbocycles. The molecule has 1 aliphatic carbocycles. The molecule has 1 aromatic carbocycles. The van der Waals surface area contributed by atoms with Crippen molar-refractivity contribution < 1.29 is 14.3 Å². The fourth-order valence-corrected chi connectivity index (χ4v) is 4.74. The smallest absolute Gasteiger partial charge is 0.275 e. The highest BCUT2D eigenvalue weighted by atomic mass is 35.5. The van der Waals surface area contributed by atoms with E-state index in [2.05, 4.69) is 20.6 Å². The Balaban J connectivity index is 1.72. The van der Waals surface area contributed by atoms with Gasteiger partial charge in [-0.1, -0.05) is 31.4 Å². The number of hydrogen-bond donors (Lipinski definition) is 3. The molecule has 3 aromatic rings. The minimum Gasteiger partial charge on any atom is -0.504 e. The van der Waals surface area contributed by atoms with Crippen LogP contribution in [0.15, 0.2) is 34.0 Å². The number of carbonyl (C=O) groups excluding carboxylic acids is 1. The Hall–Kier alpha value is -3.53. The van der Waals surface area contributed by atoms with Crippen LogP contribution in [0.5, 0.6) is 5.75 Å². The van der Waals surface area contributed by atoms with Crippen molar-refractivity contribution in [3.63, 3.8) is 0 Å². The van der Waals surface area contributed by atoms with E-state index in [-0.39, 0.29) is 33.5 Å². The van der Waals surface area contributed by atoms with E-state index < -0.39 is 39.9 Å². The molecule has 1 fully saturated rings. The van der Waals surface area contributed by atoms with E-state index in [1.807, 2.05) is 6.92 Å². The first-order valence-electron chi connectivity index (χ1n) is 11.1. The fraction of sp³-hybridized carbons (Fsp3) is 0.375. The number of carbonyl (C=O) groups is 1. The largest absolute Gasteiger partial charge is 0.504 e. The van der Waals surface area contributed by atoms with Gasteiger partial charge in [0, 0.05) is 20.3 Å². The zero-order valence-corrected chi connectivity index (χ0v) is 20.2. The molecule has 4 rings (SSSR count). The summed E-state index contributed by atoms with van der Waals surface area (Å²) in [6, 6.07) is 3.30. The van der Waals surface area contributed by atoms with Gasteiger partial charge >= 0.3 is 0 Å². The number of rotatable bonds is 7. The van der Waals surface area contributed by atoms with Crippen LogP contribution in [-0.4, -0.2) is 40.0 Å². The maximum Gasteiger partial charge on any atom is 0.275 e. The van der Waals surface area contributed by atoms with E-state index in [9.17, 15) is 23.9 Å². The summed E-state index contributed by atoms with van der Waals surface area (Å²) < 4.78 is 14.1. The number of hydrogen-bond acceptors (Lipinski definition) is 8. The third-order valence-electron chi connectivity index (χ3n) is 6.55. The third kappa shape index (κ3) is 4.45. The van der Waals surface area contributed by atoms with Gasteiger partial charge in [-0.3, -0.25) is 14.4 Å². The molecule has 3 N–H and O–H groups in total. The first-order chi connectivity index (χ1) is 16.5. The van der Waals surface area contributed by atoms with Crippen LogP contribution in [-0.2, 0) is 0 Å². The second kappa shape index (κ2) is 9.26. The molecule has 35 heavy (non-hydrogen) atoms. The van der Waals surface area contributed by atoms with Crippen LogP contribution in [0.3, 0.4) is 0 Å². The van der Waals surface area contributed by atoms with E-state index in [1.165, 1.54) is 37.3 Å². The van der Waals surface area contributed by atoms with Crippen LogP contribution in [0, 0.1) is 11.4 Å². The van der Waals surface area contributed by atoms with Gasteiger partial charge in [0.1, 0.15) is 11.4 Å². The molecule has 2 aromatic heterocycles. The Kier molecular flexibility index (Phi) is 6.50. The summed E-state index contributed by atoms with van der Waals surface area (Å²) in [6.07, 6.45) is 4.78. The Morgan fingerprint density at radius 3 is 2.49 bits per heavy atom. The molecule has 0 aliphatic heterocycles. The second-order valence-electron chi connectivity index (χ2n) is 9.23. The highest BCUT2D eigenvalue weighted by Gasteiger charge is 2.41. The monoisotopic (exact) mass is 501 g/mol. The lowest BCUT2D eigenvalue weighted by molar-refractivity contribution is 0.0819. The Labute approximate surface area is 205 Å². The molecule has 0 radical (unpaired) electrons. The van der Waals surface area contributed by atoms with Gasteiger partial charge in [0.15, 0.2) is 11.4 Å². The van der Waals surface area contributed by atoms with Crippen molar-refractivity contribution in [3.05, 3.63) is 67.2 Å². The molecule has 0 spiro atoms. The first-order valence-corrected chi connectivity index (χ1v) is 11.5. The molecule has 0 saturated heterocycles. The van der Waals surface area contributed by atoms with Gasteiger partial charge in [0.05, 0.1) is 22.4 Å². The summed E-state index contributed by atoms with van der Waals surface area (Å²) >= 11 is 6.37. The van der Waals surface area contributed by atoms with Crippen LogP contribution in [0.4, 0.5) is 21.5 Å². The standard InChI is InChI=1S/C24H25ClFN5O4/c1-24(9-4-5-10-24)22(15-12(25)6-7-14(26)29-15)30-17-16(20(33)21(17)34)28-13-8-11-27-18(19(13)32)23(35)31(2)3/h6-8,11,22,30,32H,4-5,9-10H2,1-3H3,(H,27,28)/t22-/m0/s1. The van der Waals surface area contributed by atoms with Crippen LogP contribution in [0.1, 0.15) is 54.8 Å². The number of amides is 1. The Morgan fingerprint density at radius 1 is 1.17 bits per heavy atom. The predicted molar refractivity (Wildman–Crippen MR) is 131 cm³/mol. The average molecular weight is 502 g/mol. The number of halogens is 2. The Bertz CT molecular complexity index is 1360. The SMILES string of the molecule is CN(C)C(=O)c1nccc(Nc2c(N[C@@H](c3nc(F)ccc3Cl)C3(C)CCCC3)c(=O)c2=O)c1O. The second-order valence-corrected chi connectivity index (χ2v) is 9.64. The molecule has 0 unspecified atom stereocenters. The molecule has 9 nitrogen and oxygen atoms in total. The number of aromatic nitrogens is 2. The van der Waals surface area contributed by atoms with E-state index in [0.717, 1.165) is 31.7 Å². The number of nitrogens with one attached hydrogen (secondary N) is 2. The number of nitrogens with zero attached hydrogens (tertiary/aromatic N) is 3. The zero-order chi connectivity index (χ0) is 25.5. The van der Waals surface area contributed by atoms with Gasteiger partial charge in [-0.05, 0) is 36.5 Å². The highest BCUT2D eigenvalue weighted by Crippen LogP contribution is 2.49. The minimum atomic E-state index is -0.794. The summed E-state index contributed by atoms with van der Waals surface area (Å²) in [4.78, 5) is 46.5. The van der Waals surface area contributed by atoms with Crippen LogP contribution >= 0.6 is 11.6 Å². The molecule has 184 valence electrons. The van der Waals surface area contributed by atoms with Crippen LogP contribution < -0.4 is 21.5 Å². The molecule has 1 atom stereocenters. The summed E-state index contributed by atoms with van der Waals surface area (Å²) in [5, 5.41) is 16.7. The van der Waals surface area contributed by atoms with Gasteiger partial charge in [-0.15, -0.1) is 0 Å². The lowest BCUT2D eigenvalue weighted by Crippen LogP contribution is -2.40. The quantitative estimate of drug-likeness (QED) is 0.330. The lowest BCUT2D eigenvalue weighted by Gasteiger charge is -2.36. The maximum absolute atomic E-state index is 14.1. The van der Waals surface area contributed by atoms with E-state index in [0.29, 0.717) is 0 Å². The molecular formula is C24H25ClFN5O4. The summed E-state index contributed by atoms with van der Waals surface area (Å²) in [6.45, 7) is 2.01. The van der Waals surface area contributed by atoms with Crippen molar-refractivity contribution in [2.45, 2.75) is 38.6 Å². The van der Waals surface area contributed by atoms with Crippen molar-refractivity contribution in [2.75, 3.05) is 24.7 Å². The molecule has 11 heteroatoms. The fourth-order valence-electron chi connectivity index (χ4n) is 4.53. The predicted octanol–water partition coefficient (Wildman–Crippen LogP) is 3.75. The van der Waals surface area contributed by atoms with Gasteiger partial charge in [0.2, 0.25) is 5.95 Å². The number of anilines is 3. The van der Waals surface area contributed by atoms with Crippen molar-refractivity contribution in [1.29, 1.82) is 0 Å². The topological polar surface area (TPSA) is 125 Å². The number of aromatic hydroxyl groups is 1. The van der Waals surface area contributed by atoms with E-state index in [4.69, 9.17) is 11.6 Å². The van der Waals surface area contributed by atoms with Gasteiger partial charge < -0.3 is 20.6 Å². The van der Waals surface area contributed by atoms with Gasteiger partial charge in [0.25, 0.3) is 16.8 Å². The lowest BCUT2D eigenvalue weighted by atomic mass is 9.78. The van der Waals surface area contributed by atoms with Crippen molar-refractivity contribution in [1.82, 2.24) is 14.9 Å². The molecular weight excluding hydrogens is 477 g/mol. The van der Waals surface area contributed by atoms with E-state index in [1.54, 1.807) is 0 Å². The van der Waals surface area contributed by atoms with Crippen molar-refractivity contribution in [2.24, 2.45) is 5.41 Å². The summed E-state index contributed by atoms with van der Waals surface area (Å²) in [5.41, 5.74) is -1.98. The van der Waals surface area contributed by atoms with Crippen molar-refractivity contribution in [3.8, 4) is 5.75 Å². The van der Waals surface area contributed by atoms with Gasteiger partial charge in [-0.25, -0.2) is 9.97 Å². The summed E-state index contributed by atoms with van der Waals surface area (Å²) in [7, 11) is 3.02. The van der Waals surface area contributed by atoms with Crippen LogP contribution in [0.2, 0.25) is 5.02 Å². The van der Waals surface area contributed by atoms with Crippen LogP contribution in [0.25, 0.3) is 0 Å². The third-order valence-corrected chi connectivity index (χ3v) is 6.87.